The van der Waals surface area contributed by atoms with E-state index in [0.717, 1.165) is 38.1 Å². The number of fused-ring (bicyclic) bond motifs is 9. The van der Waals surface area contributed by atoms with E-state index in [-0.39, 0.29) is 64.4 Å². The first-order valence-corrected chi connectivity index (χ1v) is 12.3. The molecule has 2 aliphatic carbocycles. The van der Waals surface area contributed by atoms with Crippen LogP contribution in [0.1, 0.15) is 29.2 Å². The Labute approximate surface area is 190 Å². The average molecular weight is 475 g/mol. The molecule has 7 atom stereocenters. The van der Waals surface area contributed by atoms with Gasteiger partial charge in [0.1, 0.15) is 5.82 Å². The van der Waals surface area contributed by atoms with E-state index in [2.05, 4.69) is 4.98 Å². The summed E-state index contributed by atoms with van der Waals surface area (Å²) in [6.07, 6.45) is 0.503. The number of hydrogen-bond acceptors (Lipinski definition) is 6. The largest absolute Gasteiger partial charge is 0.481 e. The van der Waals surface area contributed by atoms with Crippen LogP contribution in [-0.4, -0.2) is 44.6 Å². The molecular formula is C22H19FN2O5S2. The number of carboxylic acid groups (broad SMARTS) is 1. The van der Waals surface area contributed by atoms with E-state index in [1.54, 1.807) is 23.9 Å². The maximum Gasteiger partial charge on any atom is 0.305 e. The summed E-state index contributed by atoms with van der Waals surface area (Å²) in [6, 6.07) is 6.31. The monoisotopic (exact) mass is 474 g/mol. The molecule has 6 rings (SSSR count). The van der Waals surface area contributed by atoms with E-state index >= 15 is 0 Å². The van der Waals surface area contributed by atoms with Gasteiger partial charge in [-0.25, -0.2) is 4.39 Å². The highest BCUT2D eigenvalue weighted by molar-refractivity contribution is 8.00. The van der Waals surface area contributed by atoms with Crippen molar-refractivity contribution in [2.75, 3.05) is 6.54 Å². The first-order chi connectivity index (χ1) is 15.3. The van der Waals surface area contributed by atoms with Gasteiger partial charge >= 0.3 is 10.8 Å². The van der Waals surface area contributed by atoms with Crippen molar-refractivity contribution < 1.29 is 23.9 Å². The molecule has 4 aliphatic rings. The number of nitrogens with zero attached hydrogens (tertiary/aromatic N) is 1. The predicted octanol–water partition coefficient (Wildman–Crippen LogP) is 2.52. The molecule has 2 aromatic rings. The summed E-state index contributed by atoms with van der Waals surface area (Å²) in [5, 5.41) is 9.87. The van der Waals surface area contributed by atoms with E-state index < -0.39 is 17.8 Å². The number of carboxylic acids is 1. The second-order valence-corrected chi connectivity index (χ2v) is 11.2. The number of aromatic nitrogens is 1. The molecule has 2 bridgehead atoms. The van der Waals surface area contributed by atoms with E-state index in [0.29, 0.717) is 0 Å². The zero-order chi connectivity index (χ0) is 22.3. The average Bonchev–Trinajstić information content (AvgIpc) is 3.47. The summed E-state index contributed by atoms with van der Waals surface area (Å²) in [6.45, 7) is -0.0933. The lowest BCUT2D eigenvalue weighted by Gasteiger charge is -2.43. The van der Waals surface area contributed by atoms with E-state index in [1.165, 1.54) is 12.1 Å². The van der Waals surface area contributed by atoms with Crippen molar-refractivity contribution in [3.05, 3.63) is 50.2 Å². The quantitative estimate of drug-likeness (QED) is 0.660. The molecule has 32 heavy (non-hydrogen) atoms. The van der Waals surface area contributed by atoms with Crippen molar-refractivity contribution >= 4 is 40.9 Å². The number of aliphatic carboxylic acids is 1. The fourth-order valence-electron chi connectivity index (χ4n) is 6.55. The van der Waals surface area contributed by atoms with E-state index in [1.807, 2.05) is 0 Å². The van der Waals surface area contributed by atoms with Gasteiger partial charge in [0.05, 0.1) is 23.3 Å². The summed E-state index contributed by atoms with van der Waals surface area (Å²) in [5.41, 5.74) is 0.904. The second-order valence-electron chi connectivity index (χ2n) is 8.98. The number of carbonyl (C=O) groups excluding carboxylic acids is 2. The Bertz CT molecular complexity index is 1210. The Morgan fingerprint density at radius 2 is 1.81 bits per heavy atom. The fourth-order valence-corrected chi connectivity index (χ4v) is 9.44. The van der Waals surface area contributed by atoms with Crippen LogP contribution in [-0.2, 0) is 14.4 Å². The topological polar surface area (TPSA) is 108 Å². The Balaban J connectivity index is 1.41. The maximum atomic E-state index is 13.6. The van der Waals surface area contributed by atoms with Crippen LogP contribution in [0, 0.1) is 35.4 Å². The number of hydrogen-bond donors (Lipinski definition) is 2. The molecule has 2 saturated carbocycles. The highest BCUT2D eigenvalue weighted by Gasteiger charge is 2.69. The van der Waals surface area contributed by atoms with Crippen molar-refractivity contribution in [3.63, 3.8) is 0 Å². The van der Waals surface area contributed by atoms with Gasteiger partial charge in [0.25, 0.3) is 0 Å². The number of rotatable bonds is 4. The van der Waals surface area contributed by atoms with Crippen molar-refractivity contribution in [2.45, 2.75) is 29.0 Å². The number of amides is 2. The van der Waals surface area contributed by atoms with Gasteiger partial charge in [-0.15, -0.1) is 11.8 Å². The smallest absolute Gasteiger partial charge is 0.305 e. The minimum atomic E-state index is -1.04. The van der Waals surface area contributed by atoms with Crippen molar-refractivity contribution in [3.8, 4) is 0 Å². The van der Waals surface area contributed by atoms with Crippen LogP contribution in [0.4, 0.5) is 4.39 Å². The molecule has 6 unspecified atom stereocenters. The molecule has 3 fully saturated rings. The van der Waals surface area contributed by atoms with Crippen molar-refractivity contribution in [1.82, 2.24) is 9.88 Å². The summed E-state index contributed by atoms with van der Waals surface area (Å²) >= 11 is 2.75. The summed E-state index contributed by atoms with van der Waals surface area (Å²) < 4.78 is 13.6. The van der Waals surface area contributed by atoms with Crippen LogP contribution < -0.4 is 4.87 Å². The number of benzene rings is 1. The molecule has 3 heterocycles. The molecule has 7 nitrogen and oxygen atoms in total. The van der Waals surface area contributed by atoms with Crippen LogP contribution in [0.2, 0.25) is 0 Å². The number of imide groups is 1. The molecule has 1 aromatic carbocycles. The minimum Gasteiger partial charge on any atom is -0.481 e. The molecule has 2 aliphatic heterocycles. The van der Waals surface area contributed by atoms with E-state index in [4.69, 9.17) is 5.11 Å². The molecular weight excluding hydrogens is 455 g/mol. The summed E-state index contributed by atoms with van der Waals surface area (Å²) in [4.78, 5) is 54.4. The molecule has 2 amide bonds. The number of aromatic amines is 1. The van der Waals surface area contributed by atoms with Gasteiger partial charge in [0.15, 0.2) is 0 Å². The third kappa shape index (κ3) is 2.71. The molecule has 0 radical (unpaired) electrons. The maximum absolute atomic E-state index is 13.6. The zero-order valence-corrected chi connectivity index (χ0v) is 18.3. The van der Waals surface area contributed by atoms with Crippen LogP contribution in [0.25, 0.3) is 0 Å². The first-order valence-electron chi connectivity index (χ1n) is 10.6. The number of likely N-dealkylation sites (tertiary alicyclic amines) is 1. The summed E-state index contributed by atoms with van der Waals surface area (Å²) in [7, 11) is 0. The lowest BCUT2D eigenvalue weighted by molar-refractivity contribution is -0.142. The van der Waals surface area contributed by atoms with E-state index in [9.17, 15) is 23.6 Å². The van der Waals surface area contributed by atoms with Gasteiger partial charge in [0, 0.05) is 22.6 Å². The van der Waals surface area contributed by atoms with Crippen LogP contribution in [0.5, 0.6) is 0 Å². The number of halogens is 1. The molecule has 10 heteroatoms. The van der Waals surface area contributed by atoms with Gasteiger partial charge in [-0.05, 0) is 41.9 Å². The summed E-state index contributed by atoms with van der Waals surface area (Å²) in [5.74, 6) is -2.89. The van der Waals surface area contributed by atoms with Gasteiger partial charge in [0.2, 0.25) is 11.8 Å². The third-order valence-electron chi connectivity index (χ3n) is 7.59. The van der Waals surface area contributed by atoms with Crippen LogP contribution in [0.15, 0.2) is 34.1 Å². The number of thiazole rings is 1. The van der Waals surface area contributed by atoms with Crippen molar-refractivity contribution in [2.24, 2.45) is 29.6 Å². The highest BCUT2D eigenvalue weighted by atomic mass is 32.2. The number of H-pyrrole nitrogens is 1. The number of nitrogens with one attached hydrogen (secondary N) is 1. The lowest BCUT2D eigenvalue weighted by Crippen LogP contribution is -2.42. The third-order valence-corrected chi connectivity index (χ3v) is 10.2. The number of carbonyl (C=O) groups is 3. The van der Waals surface area contributed by atoms with Crippen molar-refractivity contribution in [1.29, 1.82) is 0 Å². The van der Waals surface area contributed by atoms with Crippen LogP contribution in [0.3, 0.4) is 0 Å². The van der Waals surface area contributed by atoms with Gasteiger partial charge in [-0.3, -0.25) is 24.1 Å². The molecule has 0 spiro atoms. The Kier molecular flexibility index (Phi) is 4.42. The molecule has 2 N–H and O–H groups in total. The standard InChI is InChI=1S/C22H19FN2O5S2/c23-9-3-1-8(2-4-9)13-14-10-7-11(17(14)31-19-18(13)32-22(30)24-19)16-15(10)20(28)25(21(16)29)6-5-12(26)27/h1-4,10-11,13-17H,5-7H2,(H,24,30)(H,26,27)/t10?,11?,13-,14?,15?,16?,17?/m1/s1. The molecule has 166 valence electrons. The normalized spacial score (nSPS) is 34.5. The minimum absolute atomic E-state index is 0.00854. The Hall–Kier alpha value is -2.46. The Morgan fingerprint density at radius 1 is 1.12 bits per heavy atom. The zero-order valence-electron chi connectivity index (χ0n) is 16.7. The SMILES string of the molecule is O=C(O)CCN1C(=O)C2C3CC(C2C1=O)C1C3Sc2[nH]c(=O)sc2[C@@H]1c1ccc(F)cc1. The Morgan fingerprint density at radius 3 is 2.50 bits per heavy atom. The van der Waals surface area contributed by atoms with Crippen LogP contribution >= 0.6 is 23.1 Å². The molecule has 1 aromatic heterocycles. The fraction of sp³-hybridized carbons (Fsp3) is 0.455. The first kappa shape index (κ1) is 20.2. The predicted molar refractivity (Wildman–Crippen MR) is 114 cm³/mol. The highest BCUT2D eigenvalue weighted by Crippen LogP contribution is 2.68. The van der Waals surface area contributed by atoms with Gasteiger partial charge in [-0.1, -0.05) is 23.5 Å². The molecule has 1 saturated heterocycles. The lowest BCUT2D eigenvalue weighted by atomic mass is 9.68. The van der Waals surface area contributed by atoms with Gasteiger partial charge in [-0.2, -0.15) is 0 Å². The van der Waals surface area contributed by atoms with Gasteiger partial charge < -0.3 is 10.1 Å². The number of thioether (sulfide) groups is 1. The second kappa shape index (κ2) is 7.02.